The summed E-state index contributed by atoms with van der Waals surface area (Å²) in [5.74, 6) is 0.0792. The third kappa shape index (κ3) is 4.08. The van der Waals surface area contributed by atoms with E-state index < -0.39 is 6.04 Å². The number of fused-ring (bicyclic) bond motifs is 2. The van der Waals surface area contributed by atoms with Gasteiger partial charge in [-0.25, -0.2) is 0 Å². The lowest BCUT2D eigenvalue weighted by atomic mass is 9.71. The Bertz CT molecular complexity index is 955. The topological polar surface area (TPSA) is 91.7 Å². The third-order valence-corrected chi connectivity index (χ3v) is 7.17. The Kier molecular flexibility index (Phi) is 6.34. The number of amides is 1. The summed E-state index contributed by atoms with van der Waals surface area (Å²) in [6, 6.07) is 6.34. The Morgan fingerprint density at radius 1 is 1.35 bits per heavy atom. The van der Waals surface area contributed by atoms with Crippen LogP contribution < -0.4 is 5.73 Å². The van der Waals surface area contributed by atoms with Gasteiger partial charge >= 0.3 is 5.97 Å². The van der Waals surface area contributed by atoms with Crippen LogP contribution in [0.2, 0.25) is 0 Å². The molecule has 4 rings (SSSR count). The quantitative estimate of drug-likeness (QED) is 0.663. The van der Waals surface area contributed by atoms with Crippen LogP contribution in [-0.4, -0.2) is 72.5 Å². The van der Waals surface area contributed by atoms with Crippen LogP contribution >= 0.6 is 0 Å². The molecule has 1 unspecified atom stereocenters. The molecule has 1 fully saturated rings. The Hall–Kier alpha value is -2.38. The van der Waals surface area contributed by atoms with E-state index in [4.69, 9.17) is 10.5 Å². The van der Waals surface area contributed by atoms with Gasteiger partial charge in [0.2, 0.25) is 5.91 Å². The predicted octanol–water partition coefficient (Wildman–Crippen LogP) is 2.26. The highest BCUT2D eigenvalue weighted by Crippen LogP contribution is 2.44. The third-order valence-electron chi connectivity index (χ3n) is 7.17. The van der Waals surface area contributed by atoms with Crippen molar-refractivity contribution >= 4 is 22.8 Å². The predicted molar refractivity (Wildman–Crippen MR) is 121 cm³/mol. The Labute approximate surface area is 183 Å². The lowest BCUT2D eigenvalue weighted by Crippen LogP contribution is -2.56. The molecular weight excluding hydrogens is 392 g/mol. The summed E-state index contributed by atoms with van der Waals surface area (Å²) in [4.78, 5) is 32.4. The van der Waals surface area contributed by atoms with Crippen LogP contribution in [0.3, 0.4) is 0 Å². The van der Waals surface area contributed by atoms with Gasteiger partial charge in [-0.3, -0.25) is 9.59 Å². The fourth-order valence-electron chi connectivity index (χ4n) is 5.59. The highest BCUT2D eigenvalue weighted by Gasteiger charge is 2.42. The van der Waals surface area contributed by atoms with E-state index in [-0.39, 0.29) is 24.2 Å². The minimum absolute atomic E-state index is 0.0565. The van der Waals surface area contributed by atoms with Crippen molar-refractivity contribution in [2.24, 2.45) is 11.7 Å². The lowest BCUT2D eigenvalue weighted by molar-refractivity contribution is -0.142. The first-order valence-electron chi connectivity index (χ1n) is 11.3. The van der Waals surface area contributed by atoms with Crippen LogP contribution in [0, 0.1) is 5.92 Å². The zero-order chi connectivity index (χ0) is 22.1. The summed E-state index contributed by atoms with van der Waals surface area (Å²) in [5, 5.41) is 1.35. The number of carbonyl (C=O) groups excluding carboxylic acids is 2. The first-order valence-corrected chi connectivity index (χ1v) is 11.3. The van der Waals surface area contributed by atoms with Gasteiger partial charge in [0.15, 0.2) is 0 Å². The largest absolute Gasteiger partial charge is 0.469 e. The van der Waals surface area contributed by atoms with Crippen molar-refractivity contribution in [3.05, 3.63) is 35.5 Å². The number of rotatable bonds is 7. The SMILES string of the molecule is CCCN(CCC(=O)OC)C(=O)C(N)[C@@H]1C[C@@H]2c3cccc4[nH]cc(c34)C[C@H]2N(C)C1. The van der Waals surface area contributed by atoms with Crippen LogP contribution in [0.4, 0.5) is 0 Å². The molecule has 1 saturated heterocycles. The van der Waals surface area contributed by atoms with Crippen LogP contribution in [0.25, 0.3) is 10.9 Å². The van der Waals surface area contributed by atoms with Crippen LogP contribution in [0.5, 0.6) is 0 Å². The molecule has 1 aliphatic carbocycles. The molecule has 0 spiro atoms. The Balaban J connectivity index is 1.53. The lowest BCUT2D eigenvalue weighted by Gasteiger charge is -2.47. The molecule has 0 bridgehead atoms. The number of nitrogens with one attached hydrogen (secondary N) is 1. The normalized spacial score (nSPS) is 23.9. The molecule has 1 amide bonds. The van der Waals surface area contributed by atoms with Crippen molar-refractivity contribution in [1.82, 2.24) is 14.8 Å². The van der Waals surface area contributed by atoms with E-state index >= 15 is 0 Å². The number of methoxy groups -OCH3 is 1. The number of hydrogen-bond acceptors (Lipinski definition) is 5. The van der Waals surface area contributed by atoms with Crippen molar-refractivity contribution in [3.8, 4) is 0 Å². The summed E-state index contributed by atoms with van der Waals surface area (Å²) in [6.07, 6.45) is 5.09. The van der Waals surface area contributed by atoms with Crippen molar-refractivity contribution < 1.29 is 14.3 Å². The molecule has 2 aromatic rings. The van der Waals surface area contributed by atoms with Gasteiger partial charge in [0.05, 0.1) is 19.6 Å². The number of aromatic nitrogens is 1. The van der Waals surface area contributed by atoms with Gasteiger partial charge in [-0.2, -0.15) is 0 Å². The number of likely N-dealkylation sites (tertiary alicyclic amines) is 1. The number of nitrogens with zero attached hydrogens (tertiary/aromatic N) is 2. The number of benzene rings is 1. The molecule has 0 saturated carbocycles. The highest BCUT2D eigenvalue weighted by molar-refractivity contribution is 5.88. The number of esters is 1. The first-order chi connectivity index (χ1) is 14.9. The van der Waals surface area contributed by atoms with Crippen LogP contribution in [0.1, 0.15) is 43.2 Å². The van der Waals surface area contributed by atoms with E-state index in [1.165, 1.54) is 29.1 Å². The van der Waals surface area contributed by atoms with Gasteiger partial charge in [-0.15, -0.1) is 0 Å². The van der Waals surface area contributed by atoms with Crippen LogP contribution in [-0.2, 0) is 20.7 Å². The molecule has 1 aliphatic heterocycles. The Morgan fingerprint density at radius 2 is 2.16 bits per heavy atom. The second kappa shape index (κ2) is 9.01. The minimum atomic E-state index is -0.570. The minimum Gasteiger partial charge on any atom is -0.469 e. The number of H-pyrrole nitrogens is 1. The molecule has 0 radical (unpaired) electrons. The average molecular weight is 427 g/mol. The average Bonchev–Trinajstić information content (AvgIpc) is 3.20. The van der Waals surface area contributed by atoms with Crippen molar-refractivity contribution in [3.63, 3.8) is 0 Å². The summed E-state index contributed by atoms with van der Waals surface area (Å²) in [5.41, 5.74) is 10.5. The number of carbonyl (C=O) groups is 2. The smallest absolute Gasteiger partial charge is 0.307 e. The molecule has 2 heterocycles. The van der Waals surface area contributed by atoms with Gasteiger partial charge in [-0.1, -0.05) is 19.1 Å². The molecule has 7 heteroatoms. The molecule has 31 heavy (non-hydrogen) atoms. The summed E-state index contributed by atoms with van der Waals surface area (Å²) in [7, 11) is 3.52. The van der Waals surface area contributed by atoms with Crippen molar-refractivity contribution in [2.45, 2.75) is 50.6 Å². The van der Waals surface area contributed by atoms with E-state index in [1.54, 1.807) is 4.90 Å². The van der Waals surface area contributed by atoms with Gasteiger partial charge in [0.25, 0.3) is 0 Å². The fourth-order valence-corrected chi connectivity index (χ4v) is 5.59. The number of piperidine rings is 1. The van der Waals surface area contributed by atoms with E-state index in [9.17, 15) is 9.59 Å². The van der Waals surface area contributed by atoms with Crippen molar-refractivity contribution in [1.29, 1.82) is 0 Å². The molecule has 1 aromatic carbocycles. The van der Waals surface area contributed by atoms with Gasteiger partial charge < -0.3 is 25.3 Å². The number of hydrogen-bond donors (Lipinski definition) is 2. The maximum atomic E-state index is 13.3. The van der Waals surface area contributed by atoms with Crippen LogP contribution in [0.15, 0.2) is 24.4 Å². The number of likely N-dealkylation sites (N-methyl/N-ethyl adjacent to an activating group) is 1. The molecule has 7 nitrogen and oxygen atoms in total. The van der Waals surface area contributed by atoms with E-state index in [0.29, 0.717) is 25.0 Å². The number of ether oxygens (including phenoxy) is 1. The second-order valence-electron chi connectivity index (χ2n) is 9.07. The summed E-state index contributed by atoms with van der Waals surface area (Å²) in [6.45, 7) is 3.79. The number of aromatic amines is 1. The molecule has 1 aromatic heterocycles. The van der Waals surface area contributed by atoms with Crippen molar-refractivity contribution in [2.75, 3.05) is 33.8 Å². The van der Waals surface area contributed by atoms with Gasteiger partial charge in [0, 0.05) is 48.7 Å². The molecule has 3 N–H and O–H groups in total. The summed E-state index contributed by atoms with van der Waals surface area (Å²) >= 11 is 0. The molecular formula is C24H34N4O3. The molecule has 4 atom stereocenters. The van der Waals surface area contributed by atoms with E-state index in [2.05, 4.69) is 41.3 Å². The first kappa shape index (κ1) is 21.8. The summed E-state index contributed by atoms with van der Waals surface area (Å²) < 4.78 is 4.74. The zero-order valence-electron chi connectivity index (χ0n) is 18.8. The Morgan fingerprint density at radius 3 is 2.90 bits per heavy atom. The highest BCUT2D eigenvalue weighted by atomic mass is 16.5. The van der Waals surface area contributed by atoms with Gasteiger partial charge in [-0.05, 0) is 49.4 Å². The number of nitrogens with two attached hydrogens (primary N) is 1. The standard InChI is InChI=1S/C24H34N4O3/c1-4-9-28(10-8-21(29)31-3)24(30)23(25)16-11-18-17-6-5-7-19-22(17)15(13-26-19)12-20(18)27(2)14-16/h5-7,13,16,18,20,23,26H,4,8-12,14,25H2,1-3H3/t16-,18-,20-,23?/m1/s1. The van der Waals surface area contributed by atoms with E-state index in [0.717, 1.165) is 25.8 Å². The monoisotopic (exact) mass is 426 g/mol. The molecule has 2 aliphatic rings. The second-order valence-corrected chi connectivity index (χ2v) is 9.07. The fraction of sp³-hybridized carbons (Fsp3) is 0.583. The zero-order valence-corrected chi connectivity index (χ0v) is 18.8. The molecule has 168 valence electrons. The van der Waals surface area contributed by atoms with Gasteiger partial charge in [0.1, 0.15) is 0 Å². The maximum Gasteiger partial charge on any atom is 0.307 e. The maximum absolute atomic E-state index is 13.3. The van der Waals surface area contributed by atoms with E-state index in [1.807, 2.05) is 6.92 Å².